The number of anilines is 1. The smallest absolute Gasteiger partial charge is 0.282 e. The van der Waals surface area contributed by atoms with Gasteiger partial charge in [-0.05, 0) is 32.7 Å². The quantitative estimate of drug-likeness (QED) is 0.880. The maximum absolute atomic E-state index is 12.2. The SMILES string of the molecule is CNc1nnc(C(=O)NC2CC3CCCC(C2)N3C)s1. The first-order chi connectivity index (χ1) is 9.67. The second kappa shape index (κ2) is 5.65. The van der Waals surface area contributed by atoms with Crippen molar-refractivity contribution in [3.63, 3.8) is 0 Å². The normalized spacial score (nSPS) is 30.0. The Morgan fingerprint density at radius 1 is 1.30 bits per heavy atom. The Hall–Kier alpha value is -1.21. The standard InChI is InChI=1S/C13H21N5OS/c1-14-13-17-16-12(20-13)11(19)15-8-6-9-4-3-5-10(7-8)18(9)2/h8-10H,3-7H2,1-2H3,(H,14,17)(H,15,19). The van der Waals surface area contributed by atoms with Gasteiger partial charge in [0.15, 0.2) is 0 Å². The molecule has 0 radical (unpaired) electrons. The number of carbonyl (C=O) groups excluding carboxylic acids is 1. The summed E-state index contributed by atoms with van der Waals surface area (Å²) < 4.78 is 0. The van der Waals surface area contributed by atoms with Crippen LogP contribution in [0.5, 0.6) is 0 Å². The summed E-state index contributed by atoms with van der Waals surface area (Å²) in [5, 5.41) is 15.0. The lowest BCUT2D eigenvalue weighted by Gasteiger charge is -2.47. The highest BCUT2D eigenvalue weighted by molar-refractivity contribution is 7.17. The van der Waals surface area contributed by atoms with E-state index in [1.807, 2.05) is 0 Å². The molecule has 0 aliphatic carbocycles. The van der Waals surface area contributed by atoms with E-state index < -0.39 is 0 Å². The molecule has 2 bridgehead atoms. The Kier molecular flexibility index (Phi) is 3.89. The van der Waals surface area contributed by atoms with Crippen LogP contribution in [0.2, 0.25) is 0 Å². The zero-order valence-electron chi connectivity index (χ0n) is 11.9. The molecule has 3 rings (SSSR count). The molecule has 2 aliphatic heterocycles. The first-order valence-corrected chi connectivity index (χ1v) is 8.03. The number of nitrogens with zero attached hydrogens (tertiary/aromatic N) is 3. The number of amides is 1. The molecule has 1 aromatic rings. The van der Waals surface area contributed by atoms with Crippen molar-refractivity contribution in [1.29, 1.82) is 0 Å². The lowest BCUT2D eigenvalue weighted by atomic mass is 9.82. The maximum atomic E-state index is 12.2. The lowest BCUT2D eigenvalue weighted by Crippen LogP contribution is -2.55. The number of carbonyl (C=O) groups is 1. The fourth-order valence-electron chi connectivity index (χ4n) is 3.40. The molecular weight excluding hydrogens is 274 g/mol. The summed E-state index contributed by atoms with van der Waals surface area (Å²) in [5.41, 5.74) is 0. The number of hydrogen-bond donors (Lipinski definition) is 2. The average Bonchev–Trinajstić information content (AvgIpc) is 2.89. The summed E-state index contributed by atoms with van der Waals surface area (Å²) in [5.74, 6) is -0.0865. The number of piperidine rings is 2. The third-order valence-corrected chi connectivity index (χ3v) is 5.45. The molecule has 6 nitrogen and oxygen atoms in total. The van der Waals surface area contributed by atoms with E-state index in [0.717, 1.165) is 12.8 Å². The van der Waals surface area contributed by atoms with Gasteiger partial charge in [-0.15, -0.1) is 10.2 Å². The highest BCUT2D eigenvalue weighted by atomic mass is 32.1. The molecular formula is C13H21N5OS. The van der Waals surface area contributed by atoms with Gasteiger partial charge in [0.1, 0.15) is 0 Å². The molecule has 110 valence electrons. The summed E-state index contributed by atoms with van der Waals surface area (Å²) >= 11 is 1.30. The molecule has 2 atom stereocenters. The predicted octanol–water partition coefficient (Wildman–Crippen LogP) is 1.32. The summed E-state index contributed by atoms with van der Waals surface area (Å²) in [7, 11) is 4.00. The first kappa shape index (κ1) is 13.8. The third-order valence-electron chi connectivity index (χ3n) is 4.51. The molecule has 1 aromatic heterocycles. The van der Waals surface area contributed by atoms with Gasteiger partial charge >= 0.3 is 0 Å². The minimum atomic E-state index is -0.0865. The van der Waals surface area contributed by atoms with E-state index in [2.05, 4.69) is 32.8 Å². The minimum Gasteiger partial charge on any atom is -0.363 e. The molecule has 2 N–H and O–H groups in total. The number of fused-ring (bicyclic) bond motifs is 2. The Morgan fingerprint density at radius 2 is 2.00 bits per heavy atom. The van der Waals surface area contributed by atoms with Gasteiger partial charge in [-0.1, -0.05) is 17.8 Å². The van der Waals surface area contributed by atoms with Crippen LogP contribution in [0.1, 0.15) is 41.9 Å². The monoisotopic (exact) mass is 295 g/mol. The van der Waals surface area contributed by atoms with E-state index in [1.54, 1.807) is 7.05 Å². The second-order valence-electron chi connectivity index (χ2n) is 5.71. The minimum absolute atomic E-state index is 0.0865. The Bertz CT molecular complexity index is 477. The van der Waals surface area contributed by atoms with Crippen molar-refractivity contribution < 1.29 is 4.79 Å². The molecule has 2 unspecified atom stereocenters. The van der Waals surface area contributed by atoms with Crippen molar-refractivity contribution in [1.82, 2.24) is 20.4 Å². The van der Waals surface area contributed by atoms with Crippen molar-refractivity contribution in [2.75, 3.05) is 19.4 Å². The van der Waals surface area contributed by atoms with E-state index in [9.17, 15) is 4.79 Å². The van der Waals surface area contributed by atoms with Gasteiger partial charge in [0, 0.05) is 25.2 Å². The van der Waals surface area contributed by atoms with Crippen LogP contribution in [-0.4, -0.2) is 53.2 Å². The number of rotatable bonds is 3. The molecule has 2 saturated heterocycles. The molecule has 2 aliphatic rings. The van der Waals surface area contributed by atoms with Gasteiger partial charge in [-0.25, -0.2) is 0 Å². The van der Waals surface area contributed by atoms with Crippen LogP contribution in [0.4, 0.5) is 5.13 Å². The van der Waals surface area contributed by atoms with Crippen LogP contribution in [0.15, 0.2) is 0 Å². The van der Waals surface area contributed by atoms with Crippen molar-refractivity contribution in [2.45, 2.75) is 50.2 Å². The van der Waals surface area contributed by atoms with Crippen molar-refractivity contribution in [2.24, 2.45) is 0 Å². The highest BCUT2D eigenvalue weighted by Gasteiger charge is 2.36. The van der Waals surface area contributed by atoms with E-state index >= 15 is 0 Å². The fourth-order valence-corrected chi connectivity index (χ4v) is 4.00. The zero-order chi connectivity index (χ0) is 14.1. The first-order valence-electron chi connectivity index (χ1n) is 7.21. The largest absolute Gasteiger partial charge is 0.363 e. The predicted molar refractivity (Wildman–Crippen MR) is 79.1 cm³/mol. The second-order valence-corrected chi connectivity index (χ2v) is 6.69. The van der Waals surface area contributed by atoms with Gasteiger partial charge in [0.2, 0.25) is 10.1 Å². The summed E-state index contributed by atoms with van der Waals surface area (Å²) in [6.45, 7) is 0. The van der Waals surface area contributed by atoms with Gasteiger partial charge in [0.05, 0.1) is 0 Å². The van der Waals surface area contributed by atoms with Crippen LogP contribution < -0.4 is 10.6 Å². The van der Waals surface area contributed by atoms with Crippen LogP contribution in [0.25, 0.3) is 0 Å². The summed E-state index contributed by atoms with van der Waals surface area (Å²) in [4.78, 5) is 14.7. The van der Waals surface area contributed by atoms with Gasteiger partial charge in [-0.3, -0.25) is 4.79 Å². The summed E-state index contributed by atoms with van der Waals surface area (Å²) in [6, 6.07) is 1.51. The molecule has 0 aromatic carbocycles. The van der Waals surface area contributed by atoms with E-state index in [0.29, 0.717) is 22.2 Å². The van der Waals surface area contributed by atoms with E-state index in [-0.39, 0.29) is 11.9 Å². The van der Waals surface area contributed by atoms with Gasteiger partial charge in [0.25, 0.3) is 5.91 Å². The number of aromatic nitrogens is 2. The Morgan fingerprint density at radius 3 is 2.60 bits per heavy atom. The van der Waals surface area contributed by atoms with Crippen LogP contribution >= 0.6 is 11.3 Å². The maximum Gasteiger partial charge on any atom is 0.282 e. The molecule has 2 fully saturated rings. The molecule has 1 amide bonds. The molecule has 0 spiro atoms. The fraction of sp³-hybridized carbons (Fsp3) is 0.769. The Labute approximate surface area is 123 Å². The topological polar surface area (TPSA) is 70.1 Å². The number of nitrogens with one attached hydrogen (secondary N) is 2. The van der Waals surface area contributed by atoms with Gasteiger partial charge < -0.3 is 15.5 Å². The van der Waals surface area contributed by atoms with E-state index in [1.165, 1.54) is 30.6 Å². The van der Waals surface area contributed by atoms with Crippen molar-refractivity contribution in [3.05, 3.63) is 5.01 Å². The summed E-state index contributed by atoms with van der Waals surface area (Å²) in [6.07, 6.45) is 5.93. The zero-order valence-corrected chi connectivity index (χ0v) is 12.7. The van der Waals surface area contributed by atoms with Crippen LogP contribution in [0.3, 0.4) is 0 Å². The van der Waals surface area contributed by atoms with Gasteiger partial charge in [-0.2, -0.15) is 0 Å². The lowest BCUT2D eigenvalue weighted by molar-refractivity contribution is 0.0463. The molecule has 3 heterocycles. The Balaban J connectivity index is 1.62. The van der Waals surface area contributed by atoms with Crippen LogP contribution in [-0.2, 0) is 0 Å². The third kappa shape index (κ3) is 2.64. The highest BCUT2D eigenvalue weighted by Crippen LogP contribution is 2.32. The average molecular weight is 295 g/mol. The van der Waals surface area contributed by atoms with E-state index in [4.69, 9.17) is 0 Å². The molecule has 0 saturated carbocycles. The molecule has 20 heavy (non-hydrogen) atoms. The van der Waals surface area contributed by atoms with Crippen molar-refractivity contribution >= 4 is 22.4 Å². The van der Waals surface area contributed by atoms with Crippen molar-refractivity contribution in [3.8, 4) is 0 Å². The van der Waals surface area contributed by atoms with Crippen LogP contribution in [0, 0.1) is 0 Å². The molecule has 7 heteroatoms. The number of hydrogen-bond acceptors (Lipinski definition) is 6.